The minimum absolute atomic E-state index is 0.624. The summed E-state index contributed by atoms with van der Waals surface area (Å²) in [4.78, 5) is 15.0. The number of rotatable bonds is 7. The van der Waals surface area contributed by atoms with Gasteiger partial charge in [0, 0.05) is 27.8 Å². The number of benzene rings is 8. The Kier molecular flexibility index (Phi) is 8.12. The summed E-state index contributed by atoms with van der Waals surface area (Å²) in [5.74, 6) is 1.32. The van der Waals surface area contributed by atoms with Crippen LogP contribution in [0.15, 0.2) is 205 Å². The Morgan fingerprint density at radius 3 is 1.55 bits per heavy atom. The molecule has 10 aromatic rings. The quantitative estimate of drug-likeness (QED) is 0.166. The van der Waals surface area contributed by atoms with Gasteiger partial charge < -0.3 is 4.42 Å². The van der Waals surface area contributed by atoms with Crippen LogP contribution in [0.1, 0.15) is 0 Å². The van der Waals surface area contributed by atoms with Crippen LogP contribution in [0, 0.1) is 0 Å². The van der Waals surface area contributed by atoms with Crippen LogP contribution >= 0.6 is 0 Å². The smallest absolute Gasteiger partial charge is 0.227 e. The van der Waals surface area contributed by atoms with Crippen molar-refractivity contribution in [3.63, 3.8) is 0 Å². The van der Waals surface area contributed by atoms with E-state index in [1.807, 2.05) is 78.9 Å². The number of nitrogens with zero attached hydrogens (tertiary/aromatic N) is 3. The molecule has 0 aliphatic rings. The molecule has 0 aliphatic carbocycles. The van der Waals surface area contributed by atoms with E-state index >= 15 is 0 Å². The van der Waals surface area contributed by atoms with Gasteiger partial charge in [0.25, 0.3) is 0 Å². The Balaban J connectivity index is 1.04. The van der Waals surface area contributed by atoms with Crippen LogP contribution in [0.2, 0.25) is 0 Å². The molecule has 0 radical (unpaired) electrons. The zero-order chi connectivity index (χ0) is 36.6. The van der Waals surface area contributed by atoms with E-state index in [0.29, 0.717) is 11.7 Å². The highest BCUT2D eigenvalue weighted by Crippen LogP contribution is 2.40. The minimum Gasteiger partial charge on any atom is -0.436 e. The number of hydrogen-bond acceptors (Lipinski definition) is 4. The third-order valence-corrected chi connectivity index (χ3v) is 10.2. The van der Waals surface area contributed by atoms with E-state index in [1.165, 1.54) is 16.3 Å². The number of oxazole rings is 1. The fraction of sp³-hybridized carbons (Fsp3) is 0. The molecule has 0 fully saturated rings. The summed E-state index contributed by atoms with van der Waals surface area (Å²) >= 11 is 0. The maximum Gasteiger partial charge on any atom is 0.227 e. The topological polar surface area (TPSA) is 51.8 Å². The van der Waals surface area contributed by atoms with Crippen LogP contribution in [0.4, 0.5) is 0 Å². The number of fused-ring (bicyclic) bond motifs is 2. The third-order valence-electron chi connectivity index (χ3n) is 10.2. The van der Waals surface area contributed by atoms with Crippen molar-refractivity contribution in [1.29, 1.82) is 0 Å². The molecule has 2 heterocycles. The van der Waals surface area contributed by atoms with Crippen LogP contribution in [-0.4, -0.2) is 15.0 Å². The third kappa shape index (κ3) is 6.16. The molecule has 0 saturated carbocycles. The molecule has 0 atom stereocenters. The van der Waals surface area contributed by atoms with Gasteiger partial charge in [-0.05, 0) is 62.9 Å². The Morgan fingerprint density at radius 1 is 0.345 bits per heavy atom. The predicted octanol–water partition coefficient (Wildman–Crippen LogP) is 13.4. The molecule has 0 unspecified atom stereocenters. The average Bonchev–Trinajstić information content (AvgIpc) is 3.72. The van der Waals surface area contributed by atoms with Gasteiger partial charge >= 0.3 is 0 Å². The van der Waals surface area contributed by atoms with Crippen molar-refractivity contribution in [2.24, 2.45) is 0 Å². The molecule has 258 valence electrons. The first kappa shape index (κ1) is 32.2. The van der Waals surface area contributed by atoms with Gasteiger partial charge in [0.1, 0.15) is 5.52 Å². The van der Waals surface area contributed by atoms with E-state index in [-0.39, 0.29) is 0 Å². The van der Waals surface area contributed by atoms with Gasteiger partial charge in [-0.2, -0.15) is 0 Å². The Morgan fingerprint density at radius 2 is 0.891 bits per heavy atom. The molecule has 0 saturated heterocycles. The summed E-state index contributed by atoms with van der Waals surface area (Å²) < 4.78 is 6.18. The first-order chi connectivity index (χ1) is 27.2. The molecule has 0 N–H and O–H groups in total. The van der Waals surface area contributed by atoms with Gasteiger partial charge in [-0.1, -0.05) is 176 Å². The first-order valence-electron chi connectivity index (χ1n) is 18.4. The molecule has 0 spiro atoms. The van der Waals surface area contributed by atoms with Crippen molar-refractivity contribution in [3.05, 3.63) is 200 Å². The summed E-state index contributed by atoms with van der Waals surface area (Å²) in [6.07, 6.45) is 0. The van der Waals surface area contributed by atoms with Gasteiger partial charge in [-0.15, -0.1) is 0 Å². The zero-order valence-electron chi connectivity index (χ0n) is 29.8. The molecule has 4 nitrogen and oxygen atoms in total. The second-order valence-corrected chi connectivity index (χ2v) is 13.6. The Bertz CT molecular complexity index is 2880. The maximum absolute atomic E-state index is 6.18. The predicted molar refractivity (Wildman–Crippen MR) is 225 cm³/mol. The van der Waals surface area contributed by atoms with Crippen LogP contribution in [-0.2, 0) is 0 Å². The second-order valence-electron chi connectivity index (χ2n) is 13.6. The van der Waals surface area contributed by atoms with E-state index in [1.54, 1.807) is 0 Å². The molecule has 8 aromatic carbocycles. The Labute approximate surface area is 319 Å². The number of para-hydroxylation sites is 1. The summed E-state index contributed by atoms with van der Waals surface area (Å²) in [5.41, 5.74) is 14.2. The molecule has 2 aromatic heterocycles. The normalized spacial score (nSPS) is 11.3. The molecule has 4 heteroatoms. The highest BCUT2D eigenvalue weighted by Gasteiger charge is 2.16. The van der Waals surface area contributed by atoms with E-state index in [4.69, 9.17) is 19.4 Å². The van der Waals surface area contributed by atoms with Crippen molar-refractivity contribution in [2.45, 2.75) is 0 Å². The van der Waals surface area contributed by atoms with Gasteiger partial charge in [0.05, 0.1) is 11.4 Å². The van der Waals surface area contributed by atoms with Gasteiger partial charge in [0.15, 0.2) is 11.4 Å². The highest BCUT2D eigenvalue weighted by atomic mass is 16.3. The molecule has 0 aliphatic heterocycles. The molecular weight excluding hydrogens is 671 g/mol. The fourth-order valence-electron chi connectivity index (χ4n) is 7.41. The average molecular weight is 704 g/mol. The number of hydrogen-bond donors (Lipinski definition) is 0. The van der Waals surface area contributed by atoms with Crippen molar-refractivity contribution in [1.82, 2.24) is 15.0 Å². The highest BCUT2D eigenvalue weighted by molar-refractivity contribution is 6.04. The fourth-order valence-corrected chi connectivity index (χ4v) is 7.41. The van der Waals surface area contributed by atoms with E-state index in [9.17, 15) is 0 Å². The molecule has 0 amide bonds. The summed E-state index contributed by atoms with van der Waals surface area (Å²) in [6, 6.07) is 69.4. The van der Waals surface area contributed by atoms with Gasteiger partial charge in [-0.25, -0.2) is 15.0 Å². The lowest BCUT2D eigenvalue weighted by Gasteiger charge is -2.15. The Hall–Kier alpha value is -7.43. The summed E-state index contributed by atoms with van der Waals surface area (Å²) in [7, 11) is 0. The summed E-state index contributed by atoms with van der Waals surface area (Å²) in [5, 5.41) is 2.39. The van der Waals surface area contributed by atoms with Crippen molar-refractivity contribution in [2.75, 3.05) is 0 Å². The zero-order valence-corrected chi connectivity index (χ0v) is 29.8. The molecule has 10 rings (SSSR count). The molecule has 55 heavy (non-hydrogen) atoms. The lowest BCUT2D eigenvalue weighted by Crippen LogP contribution is -1.96. The van der Waals surface area contributed by atoms with Gasteiger partial charge in [-0.3, -0.25) is 0 Å². The van der Waals surface area contributed by atoms with Crippen LogP contribution < -0.4 is 0 Å². The minimum atomic E-state index is 0.624. The van der Waals surface area contributed by atoms with E-state index in [0.717, 1.165) is 72.6 Å². The lowest BCUT2D eigenvalue weighted by atomic mass is 9.89. The standard InChI is InChI=1S/C51H33N3O/c1-4-14-37(15-5-1)45-33-46(38-16-6-2-7-17-38)53-50(52-45)40-29-27-39(28-30-40)48-42-20-11-10-13-34(42)31-32-43(48)35-23-25-36(26-24-35)44-21-12-22-47-49(44)54-51(55-47)41-18-8-3-9-19-41/h1-33H. The van der Waals surface area contributed by atoms with Gasteiger partial charge in [0.2, 0.25) is 5.89 Å². The molecular formula is C51H33N3O. The monoisotopic (exact) mass is 703 g/mol. The van der Waals surface area contributed by atoms with Crippen LogP contribution in [0.3, 0.4) is 0 Å². The molecule has 0 bridgehead atoms. The van der Waals surface area contributed by atoms with E-state index < -0.39 is 0 Å². The second kappa shape index (κ2) is 13.8. The SMILES string of the molecule is c1ccc(-c2cc(-c3ccccc3)nc(-c3ccc(-c4c(-c5ccc(-c6cccc7oc(-c8ccccc8)nc67)cc5)ccc5ccccc45)cc3)n2)cc1. The number of aromatic nitrogens is 3. The van der Waals surface area contributed by atoms with Crippen molar-refractivity contribution < 1.29 is 4.42 Å². The van der Waals surface area contributed by atoms with Crippen molar-refractivity contribution in [3.8, 4) is 78.7 Å². The first-order valence-corrected chi connectivity index (χ1v) is 18.4. The van der Waals surface area contributed by atoms with Crippen LogP contribution in [0.5, 0.6) is 0 Å². The summed E-state index contributed by atoms with van der Waals surface area (Å²) in [6.45, 7) is 0. The van der Waals surface area contributed by atoms with Crippen molar-refractivity contribution >= 4 is 21.9 Å². The lowest BCUT2D eigenvalue weighted by molar-refractivity contribution is 0.620. The maximum atomic E-state index is 6.18. The van der Waals surface area contributed by atoms with Crippen LogP contribution in [0.25, 0.3) is 101 Å². The van der Waals surface area contributed by atoms with E-state index in [2.05, 4.69) is 121 Å². The largest absolute Gasteiger partial charge is 0.436 e.